The SMILES string of the molecule is CCCCCCCCCCn1cc[n+](C)c1.[Cl-].[Fe+3].[O-2]. The molecule has 0 saturated carbocycles. The smallest absolute Gasteiger partial charge is 2.00 e. The first-order chi connectivity index (χ1) is 7.83. The Bertz CT molecular complexity index is 282. The molecule has 1 aromatic heterocycles. The van der Waals surface area contributed by atoms with Gasteiger partial charge >= 0.3 is 17.1 Å². The standard InChI is InChI=1S/C14H27N2.ClH.Fe.O/c1-3-4-5-6-7-8-9-10-11-16-13-12-15(2)14-16;;;/h12-14H,3-11H2,1-2H3;1H;;/q+1;;+3;-2/p-1. The van der Waals surface area contributed by atoms with Gasteiger partial charge in [-0.15, -0.1) is 0 Å². The molecule has 0 unspecified atom stereocenters. The summed E-state index contributed by atoms with van der Waals surface area (Å²) in [5.74, 6) is 0. The van der Waals surface area contributed by atoms with Crippen molar-refractivity contribution in [3.05, 3.63) is 18.7 Å². The minimum Gasteiger partial charge on any atom is -2.00 e. The van der Waals surface area contributed by atoms with E-state index in [4.69, 9.17) is 0 Å². The second-order valence-corrected chi connectivity index (χ2v) is 4.79. The average molecular weight is 331 g/mol. The second-order valence-electron chi connectivity index (χ2n) is 4.79. The van der Waals surface area contributed by atoms with Gasteiger partial charge in [0.1, 0.15) is 12.4 Å². The fourth-order valence-electron chi connectivity index (χ4n) is 2.06. The Balaban J connectivity index is -0.000000853. The molecule has 5 heteroatoms. The van der Waals surface area contributed by atoms with Gasteiger partial charge in [0.2, 0.25) is 6.33 Å². The molecule has 0 amide bonds. The summed E-state index contributed by atoms with van der Waals surface area (Å²) in [7, 11) is 2.07. The van der Waals surface area contributed by atoms with Gasteiger partial charge in [-0.1, -0.05) is 45.4 Å². The number of rotatable bonds is 9. The van der Waals surface area contributed by atoms with Gasteiger partial charge in [0.15, 0.2) is 0 Å². The summed E-state index contributed by atoms with van der Waals surface area (Å²) >= 11 is 0. The van der Waals surface area contributed by atoms with Crippen LogP contribution in [0.4, 0.5) is 0 Å². The molecular formula is C14H27ClFeN2O+. The average Bonchev–Trinajstić information content (AvgIpc) is 2.68. The van der Waals surface area contributed by atoms with E-state index >= 15 is 0 Å². The summed E-state index contributed by atoms with van der Waals surface area (Å²) in [4.78, 5) is 0. The first kappa shape index (κ1) is 24.0. The molecule has 19 heavy (non-hydrogen) atoms. The Morgan fingerprint density at radius 2 is 1.47 bits per heavy atom. The first-order valence-corrected chi connectivity index (χ1v) is 6.84. The third kappa shape index (κ3) is 12.7. The monoisotopic (exact) mass is 330 g/mol. The van der Waals surface area contributed by atoms with Crippen molar-refractivity contribution in [1.82, 2.24) is 4.57 Å². The van der Waals surface area contributed by atoms with Gasteiger partial charge in [-0.25, -0.2) is 9.13 Å². The number of halogens is 1. The van der Waals surface area contributed by atoms with Gasteiger partial charge in [-0.2, -0.15) is 0 Å². The topological polar surface area (TPSA) is 37.3 Å². The van der Waals surface area contributed by atoms with E-state index in [0.29, 0.717) is 0 Å². The van der Waals surface area contributed by atoms with Crippen molar-refractivity contribution in [2.45, 2.75) is 64.8 Å². The van der Waals surface area contributed by atoms with Crippen molar-refractivity contribution in [2.24, 2.45) is 7.05 Å². The molecule has 0 aliphatic carbocycles. The van der Waals surface area contributed by atoms with Crippen LogP contribution in [0.15, 0.2) is 18.7 Å². The molecule has 0 saturated heterocycles. The molecule has 0 spiro atoms. The maximum atomic E-state index is 2.27. The van der Waals surface area contributed by atoms with Crippen LogP contribution in [0.2, 0.25) is 0 Å². The molecule has 0 aromatic carbocycles. The molecule has 0 fully saturated rings. The molecule has 113 valence electrons. The number of aromatic nitrogens is 2. The maximum absolute atomic E-state index is 2.27. The van der Waals surface area contributed by atoms with E-state index in [1.165, 1.54) is 57.9 Å². The van der Waals surface area contributed by atoms with Crippen LogP contribution in [0.5, 0.6) is 0 Å². The predicted molar refractivity (Wildman–Crippen MR) is 68.9 cm³/mol. The summed E-state index contributed by atoms with van der Waals surface area (Å²) in [6, 6.07) is 0. The van der Waals surface area contributed by atoms with Crippen molar-refractivity contribution in [1.29, 1.82) is 0 Å². The van der Waals surface area contributed by atoms with Crippen LogP contribution in [0.1, 0.15) is 58.3 Å². The van der Waals surface area contributed by atoms with Crippen molar-refractivity contribution >= 4 is 0 Å². The van der Waals surface area contributed by atoms with E-state index in [1.807, 2.05) is 0 Å². The number of hydrogen-bond acceptors (Lipinski definition) is 0. The third-order valence-electron chi connectivity index (χ3n) is 3.09. The van der Waals surface area contributed by atoms with Crippen molar-refractivity contribution in [3.63, 3.8) is 0 Å². The minimum absolute atomic E-state index is 0. The molecule has 1 radical (unpaired) electrons. The molecule has 1 aromatic rings. The van der Waals surface area contributed by atoms with Crippen LogP contribution in [0.3, 0.4) is 0 Å². The van der Waals surface area contributed by atoms with Crippen molar-refractivity contribution in [2.75, 3.05) is 0 Å². The predicted octanol–water partition coefficient (Wildman–Crippen LogP) is 0.336. The largest absolute Gasteiger partial charge is 3.00 e. The molecule has 1 heterocycles. The van der Waals surface area contributed by atoms with E-state index in [2.05, 4.69) is 41.8 Å². The number of unbranched alkanes of at least 4 members (excludes halogenated alkanes) is 7. The first-order valence-electron chi connectivity index (χ1n) is 6.84. The van der Waals surface area contributed by atoms with E-state index in [1.54, 1.807) is 0 Å². The van der Waals surface area contributed by atoms with Gasteiger partial charge in [0, 0.05) is 0 Å². The zero-order valence-corrected chi connectivity index (χ0v) is 14.0. The van der Waals surface area contributed by atoms with Crippen molar-refractivity contribution < 1.29 is 39.5 Å². The molecular weight excluding hydrogens is 303 g/mol. The van der Waals surface area contributed by atoms with Crippen LogP contribution in [0.25, 0.3) is 0 Å². The fourth-order valence-corrected chi connectivity index (χ4v) is 2.06. The molecule has 0 N–H and O–H groups in total. The van der Waals surface area contributed by atoms with Crippen LogP contribution in [-0.2, 0) is 36.1 Å². The summed E-state index contributed by atoms with van der Waals surface area (Å²) < 4.78 is 4.38. The Hall–Kier alpha value is -0.0205. The summed E-state index contributed by atoms with van der Waals surface area (Å²) in [5, 5.41) is 0. The molecule has 3 nitrogen and oxygen atoms in total. The fraction of sp³-hybridized carbons (Fsp3) is 0.786. The molecule has 0 bridgehead atoms. The van der Waals surface area contributed by atoms with E-state index in [9.17, 15) is 0 Å². The number of imidazole rings is 1. The second kappa shape index (κ2) is 16.0. The van der Waals surface area contributed by atoms with Crippen LogP contribution in [-0.4, -0.2) is 4.57 Å². The normalized spacial score (nSPS) is 9.16. The van der Waals surface area contributed by atoms with Crippen LogP contribution >= 0.6 is 0 Å². The van der Waals surface area contributed by atoms with Crippen LogP contribution < -0.4 is 17.0 Å². The Labute approximate surface area is 135 Å². The zero-order chi connectivity index (χ0) is 11.6. The number of aryl methyl sites for hydroxylation is 2. The van der Waals surface area contributed by atoms with E-state index in [-0.39, 0.29) is 35.0 Å². The summed E-state index contributed by atoms with van der Waals surface area (Å²) in [5.41, 5.74) is 0. The zero-order valence-electron chi connectivity index (χ0n) is 12.1. The third-order valence-corrected chi connectivity index (χ3v) is 3.09. The van der Waals surface area contributed by atoms with Crippen LogP contribution in [0, 0.1) is 0 Å². The quantitative estimate of drug-likeness (QED) is 0.356. The van der Waals surface area contributed by atoms with E-state index in [0.717, 1.165) is 0 Å². The van der Waals surface area contributed by atoms with Gasteiger partial charge in [-0.3, -0.25) is 0 Å². The van der Waals surface area contributed by atoms with Gasteiger partial charge < -0.3 is 17.9 Å². The summed E-state index contributed by atoms with van der Waals surface area (Å²) in [6.45, 7) is 3.45. The Morgan fingerprint density at radius 3 is 1.95 bits per heavy atom. The molecule has 1 rings (SSSR count). The van der Waals surface area contributed by atoms with Crippen molar-refractivity contribution in [3.8, 4) is 0 Å². The molecule has 0 aliphatic rings. The molecule has 0 atom stereocenters. The summed E-state index contributed by atoms with van der Waals surface area (Å²) in [6.07, 6.45) is 17.6. The minimum atomic E-state index is 0. The Kier molecular flexibility index (Phi) is 20.3. The number of hydrogen-bond donors (Lipinski definition) is 0. The van der Waals surface area contributed by atoms with E-state index < -0.39 is 0 Å². The van der Waals surface area contributed by atoms with Gasteiger partial charge in [0.25, 0.3) is 0 Å². The maximum Gasteiger partial charge on any atom is 3.00 e. The van der Waals surface area contributed by atoms with Gasteiger partial charge in [-0.05, 0) is 12.8 Å². The Morgan fingerprint density at radius 1 is 0.947 bits per heavy atom. The van der Waals surface area contributed by atoms with Gasteiger partial charge in [0.05, 0.1) is 13.6 Å². The number of nitrogens with zero attached hydrogens (tertiary/aromatic N) is 2. The molecule has 0 aliphatic heterocycles.